The molecule has 0 aromatic heterocycles. The molecule has 32 heavy (non-hydrogen) atoms. The van der Waals surface area contributed by atoms with Crippen LogP contribution in [0.3, 0.4) is 0 Å². The minimum absolute atomic E-state index is 0.133. The van der Waals surface area contributed by atoms with E-state index in [0.717, 1.165) is 42.9 Å². The van der Waals surface area contributed by atoms with Gasteiger partial charge < -0.3 is 5.32 Å². The molecule has 1 N–H and O–H groups in total. The first-order chi connectivity index (χ1) is 15.1. The van der Waals surface area contributed by atoms with Crippen molar-refractivity contribution in [2.24, 2.45) is 23.7 Å². The fourth-order valence-corrected chi connectivity index (χ4v) is 6.57. The Hall–Kier alpha value is -1.06. The van der Waals surface area contributed by atoms with Crippen LogP contribution in [0.4, 0.5) is 0 Å². The van der Waals surface area contributed by atoms with Crippen molar-refractivity contribution in [2.75, 3.05) is 0 Å². The van der Waals surface area contributed by atoms with E-state index in [1.54, 1.807) is 18.2 Å². The molecule has 0 aliphatic heterocycles. The zero-order valence-corrected chi connectivity index (χ0v) is 21.4. The van der Waals surface area contributed by atoms with E-state index < -0.39 is 0 Å². The van der Waals surface area contributed by atoms with Crippen LogP contribution < -0.4 is 5.32 Å². The van der Waals surface area contributed by atoms with Crippen molar-refractivity contribution < 1.29 is 9.59 Å². The molecule has 178 valence electrons. The van der Waals surface area contributed by atoms with Gasteiger partial charge in [0.15, 0.2) is 5.78 Å². The van der Waals surface area contributed by atoms with E-state index in [2.05, 4.69) is 5.32 Å². The summed E-state index contributed by atoms with van der Waals surface area (Å²) in [6.07, 6.45) is 12.1. The van der Waals surface area contributed by atoms with E-state index in [9.17, 15) is 9.59 Å². The van der Waals surface area contributed by atoms with Crippen molar-refractivity contribution >= 4 is 34.9 Å². The summed E-state index contributed by atoms with van der Waals surface area (Å²) in [6.45, 7) is 6.11. The fraction of sp³-hybridized carbons (Fsp3) is 0.704. The van der Waals surface area contributed by atoms with E-state index >= 15 is 0 Å². The topological polar surface area (TPSA) is 46.2 Å². The van der Waals surface area contributed by atoms with Crippen LogP contribution in [0.5, 0.6) is 0 Å². The van der Waals surface area contributed by atoms with Gasteiger partial charge in [0.05, 0.1) is 0 Å². The number of halogens is 2. The molecule has 1 amide bonds. The first-order valence-corrected chi connectivity index (χ1v) is 13.2. The molecule has 2 bridgehead atoms. The number of amides is 1. The average Bonchev–Trinajstić information content (AvgIpc) is 2.91. The smallest absolute Gasteiger partial charge is 0.220 e. The molecule has 2 aliphatic rings. The van der Waals surface area contributed by atoms with E-state index in [0.29, 0.717) is 28.5 Å². The van der Waals surface area contributed by atoms with Crippen LogP contribution in [0, 0.1) is 23.7 Å². The molecule has 0 saturated heterocycles. The maximum absolute atomic E-state index is 12.4. The van der Waals surface area contributed by atoms with Crippen LogP contribution in [0.1, 0.15) is 102 Å². The zero-order chi connectivity index (χ0) is 23.3. The summed E-state index contributed by atoms with van der Waals surface area (Å²) >= 11 is 12.0. The largest absolute Gasteiger partial charge is 0.352 e. The molecule has 5 heteroatoms. The number of ketones is 1. The highest BCUT2D eigenvalue weighted by atomic mass is 35.5. The van der Waals surface area contributed by atoms with Gasteiger partial charge in [-0.25, -0.2) is 0 Å². The normalized spacial score (nSPS) is 25.0. The highest BCUT2D eigenvalue weighted by Crippen LogP contribution is 2.51. The van der Waals surface area contributed by atoms with Gasteiger partial charge in [0.2, 0.25) is 5.91 Å². The zero-order valence-electron chi connectivity index (χ0n) is 19.9. The van der Waals surface area contributed by atoms with Crippen LogP contribution >= 0.6 is 23.2 Å². The number of hydrogen-bond donors (Lipinski definition) is 1. The van der Waals surface area contributed by atoms with Crippen LogP contribution in [-0.2, 0) is 4.79 Å². The van der Waals surface area contributed by atoms with Crippen LogP contribution in [0.15, 0.2) is 18.2 Å². The molecule has 0 spiro atoms. The summed E-state index contributed by atoms with van der Waals surface area (Å²) in [5, 5.41) is 4.11. The lowest BCUT2D eigenvalue weighted by Gasteiger charge is -2.35. The number of Topliss-reactive ketones (excluding diaryl/α,β-unsaturated/α-hetero) is 1. The number of benzene rings is 1. The summed E-state index contributed by atoms with van der Waals surface area (Å²) in [6, 6.07) is 5.08. The van der Waals surface area contributed by atoms with E-state index in [1.807, 2.05) is 20.8 Å². The highest BCUT2D eigenvalue weighted by Gasteiger charge is 2.41. The summed E-state index contributed by atoms with van der Waals surface area (Å²) in [5.74, 6) is 3.65. The quantitative estimate of drug-likeness (QED) is 0.274. The molecule has 0 radical (unpaired) electrons. The van der Waals surface area contributed by atoms with Crippen LogP contribution in [0.2, 0.25) is 10.0 Å². The fourth-order valence-electron chi connectivity index (χ4n) is 6.04. The van der Waals surface area contributed by atoms with Crippen molar-refractivity contribution in [2.45, 2.75) is 96.9 Å². The number of carbonyl (C=O) groups excluding carboxylic acids is 2. The van der Waals surface area contributed by atoms with E-state index in [4.69, 9.17) is 23.2 Å². The number of nitrogens with one attached hydrogen (secondary N) is 1. The Kier molecular flexibility index (Phi) is 9.09. The van der Waals surface area contributed by atoms with Crippen molar-refractivity contribution in [3.63, 3.8) is 0 Å². The minimum Gasteiger partial charge on any atom is -0.352 e. The Bertz CT molecular complexity index is 767. The maximum atomic E-state index is 12.4. The molecule has 4 atom stereocenters. The predicted molar refractivity (Wildman–Crippen MR) is 133 cm³/mol. The third kappa shape index (κ3) is 7.76. The van der Waals surface area contributed by atoms with Gasteiger partial charge in [0, 0.05) is 34.0 Å². The Morgan fingerprint density at radius 2 is 1.53 bits per heavy atom. The second-order valence-electron chi connectivity index (χ2n) is 11.1. The summed E-state index contributed by atoms with van der Waals surface area (Å²) in [4.78, 5) is 24.5. The second-order valence-corrected chi connectivity index (χ2v) is 12.0. The number of hydrogen-bond acceptors (Lipinski definition) is 2. The lowest BCUT2D eigenvalue weighted by Crippen LogP contribution is -2.40. The van der Waals surface area contributed by atoms with Gasteiger partial charge in [-0.05, 0) is 108 Å². The van der Waals surface area contributed by atoms with Crippen molar-refractivity contribution in [3.05, 3.63) is 33.8 Å². The Balaban J connectivity index is 1.35. The Morgan fingerprint density at radius 3 is 2.12 bits per heavy atom. The summed E-state index contributed by atoms with van der Waals surface area (Å²) < 4.78 is 0. The van der Waals surface area contributed by atoms with Gasteiger partial charge in [0.25, 0.3) is 0 Å². The lowest BCUT2D eigenvalue weighted by molar-refractivity contribution is -0.122. The van der Waals surface area contributed by atoms with Gasteiger partial charge in [-0.1, -0.05) is 36.0 Å². The Morgan fingerprint density at radius 1 is 0.906 bits per heavy atom. The number of rotatable bonds is 10. The first-order valence-electron chi connectivity index (χ1n) is 12.4. The third-order valence-electron chi connectivity index (χ3n) is 7.30. The molecule has 2 fully saturated rings. The van der Waals surface area contributed by atoms with Gasteiger partial charge in [-0.15, -0.1) is 0 Å². The third-order valence-corrected chi connectivity index (χ3v) is 7.73. The number of fused-ring (bicyclic) bond motifs is 2. The molecule has 1 aromatic rings. The van der Waals surface area contributed by atoms with Crippen molar-refractivity contribution in [3.8, 4) is 0 Å². The minimum atomic E-state index is -0.139. The lowest BCUT2D eigenvalue weighted by atomic mass is 9.70. The summed E-state index contributed by atoms with van der Waals surface area (Å²) in [5.41, 5.74) is 0.484. The van der Waals surface area contributed by atoms with Gasteiger partial charge in [0.1, 0.15) is 0 Å². The molecule has 2 aliphatic carbocycles. The maximum Gasteiger partial charge on any atom is 0.220 e. The van der Waals surface area contributed by atoms with Crippen molar-refractivity contribution in [1.82, 2.24) is 5.32 Å². The molecule has 3 rings (SSSR count). The predicted octanol–water partition coefficient (Wildman–Crippen LogP) is 7.87. The van der Waals surface area contributed by atoms with Gasteiger partial charge in [-0.3, -0.25) is 9.59 Å². The molecular formula is C27H39Cl2NO2. The highest BCUT2D eigenvalue weighted by molar-refractivity contribution is 6.35. The molecular weight excluding hydrogens is 441 g/mol. The van der Waals surface area contributed by atoms with E-state index in [-0.39, 0.29) is 17.2 Å². The van der Waals surface area contributed by atoms with Crippen LogP contribution in [0.25, 0.3) is 0 Å². The first kappa shape index (κ1) is 25.6. The van der Waals surface area contributed by atoms with Crippen molar-refractivity contribution in [1.29, 1.82) is 0 Å². The Labute approximate surface area is 204 Å². The monoisotopic (exact) mass is 479 g/mol. The number of carbonyl (C=O) groups is 2. The summed E-state index contributed by atoms with van der Waals surface area (Å²) in [7, 11) is 0. The molecule has 3 nitrogen and oxygen atoms in total. The van der Waals surface area contributed by atoms with Gasteiger partial charge >= 0.3 is 0 Å². The molecule has 2 unspecified atom stereocenters. The van der Waals surface area contributed by atoms with Gasteiger partial charge in [-0.2, -0.15) is 0 Å². The SMILES string of the molecule is CC(C)(C)NC(=O)CCCC1[C@@H]2CC[C@H]1CC(CCCCC(=O)c1cc(Cl)cc(Cl)c1)C2. The molecule has 0 heterocycles. The molecule has 2 saturated carbocycles. The average molecular weight is 481 g/mol. The standard InChI is InChI=1S/C27H39Cl2NO2/c1-27(2,3)30-26(32)10-6-8-24-19-11-12-20(24)14-18(13-19)7-4-5-9-25(31)21-15-22(28)17-23(29)16-21/h15-20,24H,4-14H2,1-3H3,(H,30,32)/t18?,19-,20+,24?. The molecule has 1 aromatic carbocycles. The number of unbranched alkanes of at least 4 members (excludes halogenated alkanes) is 1. The second kappa shape index (κ2) is 11.4. The van der Waals surface area contributed by atoms with E-state index in [1.165, 1.54) is 38.5 Å². The van der Waals surface area contributed by atoms with Crippen LogP contribution in [-0.4, -0.2) is 17.2 Å².